The zero-order chi connectivity index (χ0) is 22.7. The van der Waals surface area contributed by atoms with E-state index >= 15 is 0 Å². The van der Waals surface area contributed by atoms with Crippen molar-refractivity contribution in [1.29, 1.82) is 0 Å². The van der Waals surface area contributed by atoms with Gasteiger partial charge in [-0.05, 0) is 47.2 Å². The molecule has 1 aliphatic rings. The van der Waals surface area contributed by atoms with E-state index in [4.69, 9.17) is 16.3 Å². The molecule has 1 aliphatic heterocycles. The largest absolute Gasteiger partial charge is 0.452 e. The van der Waals surface area contributed by atoms with Crippen molar-refractivity contribution in [2.24, 2.45) is 0 Å². The van der Waals surface area contributed by atoms with Crippen LogP contribution >= 0.6 is 11.6 Å². The van der Waals surface area contributed by atoms with Crippen molar-refractivity contribution >= 4 is 44.3 Å². The molecule has 7 nitrogen and oxygen atoms in total. The summed E-state index contributed by atoms with van der Waals surface area (Å²) in [4.78, 5) is 26.2. The molecular weight excluding hydrogens is 452 g/mol. The van der Waals surface area contributed by atoms with E-state index in [9.17, 15) is 18.0 Å². The quantitative estimate of drug-likeness (QED) is 0.532. The Morgan fingerprint density at radius 3 is 2.22 bits per heavy atom. The van der Waals surface area contributed by atoms with Crippen molar-refractivity contribution in [3.05, 3.63) is 77.3 Å². The van der Waals surface area contributed by atoms with Crippen LogP contribution in [0.1, 0.15) is 10.4 Å². The lowest BCUT2D eigenvalue weighted by atomic mass is 10.1. The van der Waals surface area contributed by atoms with Crippen LogP contribution in [0.15, 0.2) is 71.6 Å². The summed E-state index contributed by atoms with van der Waals surface area (Å²) in [5.74, 6) is -0.984. The summed E-state index contributed by atoms with van der Waals surface area (Å²) in [6.45, 7) is 0.394. The number of piperazine rings is 1. The number of halogens is 1. The second-order valence-electron chi connectivity index (χ2n) is 7.38. The third-order valence-electron chi connectivity index (χ3n) is 5.36. The first kappa shape index (κ1) is 22.3. The van der Waals surface area contributed by atoms with E-state index < -0.39 is 22.6 Å². The van der Waals surface area contributed by atoms with Crippen LogP contribution in [0.4, 0.5) is 0 Å². The van der Waals surface area contributed by atoms with Gasteiger partial charge < -0.3 is 9.64 Å². The van der Waals surface area contributed by atoms with Crippen LogP contribution in [0.25, 0.3) is 10.8 Å². The third-order valence-corrected chi connectivity index (χ3v) is 7.50. The molecule has 0 bridgehead atoms. The number of hydrogen-bond donors (Lipinski definition) is 0. The molecule has 3 aromatic carbocycles. The van der Waals surface area contributed by atoms with Crippen LogP contribution in [0.3, 0.4) is 0 Å². The zero-order valence-corrected chi connectivity index (χ0v) is 18.7. The second kappa shape index (κ2) is 9.28. The molecule has 1 fully saturated rings. The van der Waals surface area contributed by atoms with Crippen molar-refractivity contribution in [2.45, 2.75) is 4.90 Å². The summed E-state index contributed by atoms with van der Waals surface area (Å²) in [5, 5.41) is 2.31. The topological polar surface area (TPSA) is 84.0 Å². The molecule has 9 heteroatoms. The fraction of sp³-hybridized carbons (Fsp3) is 0.217. The van der Waals surface area contributed by atoms with Gasteiger partial charge in [0.15, 0.2) is 6.61 Å². The fourth-order valence-electron chi connectivity index (χ4n) is 3.54. The maximum absolute atomic E-state index is 13.0. The highest BCUT2D eigenvalue weighted by molar-refractivity contribution is 7.89. The number of carbonyl (C=O) groups is 2. The minimum Gasteiger partial charge on any atom is -0.452 e. The number of nitrogens with zero attached hydrogens (tertiary/aromatic N) is 2. The minimum absolute atomic E-state index is 0.173. The normalized spacial score (nSPS) is 15.0. The maximum atomic E-state index is 13.0. The predicted molar refractivity (Wildman–Crippen MR) is 121 cm³/mol. The van der Waals surface area contributed by atoms with Crippen LogP contribution in [-0.4, -0.2) is 62.3 Å². The first-order valence-corrected chi connectivity index (χ1v) is 11.9. The van der Waals surface area contributed by atoms with Gasteiger partial charge in [-0.15, -0.1) is 0 Å². The van der Waals surface area contributed by atoms with Crippen molar-refractivity contribution in [3.8, 4) is 0 Å². The van der Waals surface area contributed by atoms with Gasteiger partial charge in [0.25, 0.3) is 5.91 Å². The van der Waals surface area contributed by atoms with Gasteiger partial charge in [-0.3, -0.25) is 4.79 Å². The number of sulfonamides is 1. The Morgan fingerprint density at radius 2 is 1.53 bits per heavy atom. The number of amides is 1. The Hall–Kier alpha value is -2.94. The lowest BCUT2D eigenvalue weighted by Gasteiger charge is -2.33. The van der Waals surface area contributed by atoms with Gasteiger partial charge in [0.05, 0.1) is 10.5 Å². The second-order valence-corrected chi connectivity index (χ2v) is 9.75. The Morgan fingerprint density at radius 1 is 0.875 bits per heavy atom. The van der Waals surface area contributed by atoms with Gasteiger partial charge >= 0.3 is 5.97 Å². The zero-order valence-electron chi connectivity index (χ0n) is 17.1. The molecule has 4 rings (SSSR count). The average molecular weight is 473 g/mol. The summed E-state index contributed by atoms with van der Waals surface area (Å²) in [5.41, 5.74) is 0.300. The first-order chi connectivity index (χ1) is 15.3. The van der Waals surface area contributed by atoms with Crippen molar-refractivity contribution in [1.82, 2.24) is 9.21 Å². The predicted octanol–water partition coefficient (Wildman–Crippen LogP) is 3.18. The van der Waals surface area contributed by atoms with Gasteiger partial charge in [0, 0.05) is 31.2 Å². The standard InChI is InChI=1S/C23H21ClN2O5S/c24-20-8-5-18(6-9-20)23(28)31-16-22(27)25-11-13-26(14-12-25)32(29,30)21-10-7-17-3-1-2-4-19(17)15-21/h1-10,15H,11-14,16H2. The highest BCUT2D eigenvalue weighted by Gasteiger charge is 2.30. The Balaban J connectivity index is 1.34. The number of rotatable bonds is 5. The molecule has 1 heterocycles. The summed E-state index contributed by atoms with van der Waals surface area (Å²) in [7, 11) is -3.67. The van der Waals surface area contributed by atoms with Crippen molar-refractivity contribution < 1.29 is 22.7 Å². The molecule has 1 amide bonds. The van der Waals surface area contributed by atoms with Gasteiger partial charge in [-0.2, -0.15) is 4.31 Å². The van der Waals surface area contributed by atoms with Gasteiger partial charge in [0.2, 0.25) is 10.0 Å². The number of esters is 1. The lowest BCUT2D eigenvalue weighted by Crippen LogP contribution is -2.51. The molecule has 32 heavy (non-hydrogen) atoms. The molecule has 0 N–H and O–H groups in total. The highest BCUT2D eigenvalue weighted by atomic mass is 35.5. The van der Waals surface area contributed by atoms with Gasteiger partial charge in [0.1, 0.15) is 0 Å². The van der Waals surface area contributed by atoms with E-state index in [2.05, 4.69) is 0 Å². The Labute approximate surface area is 191 Å². The monoisotopic (exact) mass is 472 g/mol. The molecule has 1 saturated heterocycles. The molecule has 0 spiro atoms. The molecular formula is C23H21ClN2O5S. The molecule has 3 aromatic rings. The molecule has 0 radical (unpaired) electrons. The summed E-state index contributed by atoms with van der Waals surface area (Å²) in [6.07, 6.45) is 0. The maximum Gasteiger partial charge on any atom is 0.338 e. The molecule has 0 saturated carbocycles. The van der Waals surface area contributed by atoms with Crippen LogP contribution in [0.5, 0.6) is 0 Å². The van der Waals surface area contributed by atoms with Crippen LogP contribution < -0.4 is 0 Å². The summed E-state index contributed by atoms with van der Waals surface area (Å²) < 4.78 is 32.6. The van der Waals surface area contributed by atoms with Crippen LogP contribution in [-0.2, 0) is 19.6 Å². The van der Waals surface area contributed by atoms with E-state index in [0.29, 0.717) is 10.6 Å². The molecule has 0 atom stereocenters. The molecule has 166 valence electrons. The van der Waals surface area contributed by atoms with Crippen LogP contribution in [0, 0.1) is 0 Å². The lowest BCUT2D eigenvalue weighted by molar-refractivity contribution is -0.135. The summed E-state index contributed by atoms with van der Waals surface area (Å²) >= 11 is 5.79. The smallest absolute Gasteiger partial charge is 0.338 e. The van der Waals surface area contributed by atoms with Gasteiger partial charge in [-0.1, -0.05) is 41.9 Å². The summed E-state index contributed by atoms with van der Waals surface area (Å²) in [6, 6.07) is 18.8. The SMILES string of the molecule is O=C(OCC(=O)N1CCN(S(=O)(=O)c2ccc3ccccc3c2)CC1)c1ccc(Cl)cc1. The Bertz CT molecular complexity index is 1250. The average Bonchev–Trinajstić information content (AvgIpc) is 2.82. The number of benzene rings is 3. The van der Waals surface area contributed by atoms with Crippen molar-refractivity contribution in [3.63, 3.8) is 0 Å². The fourth-order valence-corrected chi connectivity index (χ4v) is 5.13. The van der Waals surface area contributed by atoms with Crippen LogP contribution in [0.2, 0.25) is 5.02 Å². The highest BCUT2D eigenvalue weighted by Crippen LogP contribution is 2.23. The Kier molecular flexibility index (Phi) is 6.45. The number of fused-ring (bicyclic) bond motifs is 1. The van der Waals surface area contributed by atoms with E-state index in [1.54, 1.807) is 30.3 Å². The van der Waals surface area contributed by atoms with Gasteiger partial charge in [-0.25, -0.2) is 13.2 Å². The minimum atomic E-state index is -3.67. The number of carbonyl (C=O) groups excluding carboxylic acids is 2. The van der Waals surface area contributed by atoms with E-state index in [1.807, 2.05) is 24.3 Å². The van der Waals surface area contributed by atoms with E-state index in [-0.39, 0.29) is 37.0 Å². The first-order valence-electron chi connectivity index (χ1n) is 10.0. The molecule has 0 aliphatic carbocycles. The van der Waals surface area contributed by atoms with Crippen molar-refractivity contribution in [2.75, 3.05) is 32.8 Å². The molecule has 0 aromatic heterocycles. The van der Waals surface area contributed by atoms with E-state index in [1.165, 1.54) is 21.3 Å². The van der Waals surface area contributed by atoms with E-state index in [0.717, 1.165) is 10.8 Å². The number of ether oxygens (including phenoxy) is 1. The molecule has 0 unspecified atom stereocenters. The third kappa shape index (κ3) is 4.77. The number of hydrogen-bond acceptors (Lipinski definition) is 5.